The lowest BCUT2D eigenvalue weighted by Gasteiger charge is -2.24. The highest BCUT2D eigenvalue weighted by Crippen LogP contribution is 2.24. The first-order valence-electron chi connectivity index (χ1n) is 8.63. The Hall–Kier alpha value is -4.21. The summed E-state index contributed by atoms with van der Waals surface area (Å²) in [6, 6.07) is 16.9. The van der Waals surface area contributed by atoms with Crippen molar-refractivity contribution in [1.82, 2.24) is 9.97 Å². The summed E-state index contributed by atoms with van der Waals surface area (Å²) in [6.45, 7) is 0.535. The first-order valence-corrected chi connectivity index (χ1v) is 8.63. The maximum absolute atomic E-state index is 11.5. The zero-order valence-corrected chi connectivity index (χ0v) is 15.4. The second-order valence-corrected chi connectivity index (χ2v) is 6.20. The number of nitrogens with one attached hydrogen (secondary N) is 1. The summed E-state index contributed by atoms with van der Waals surface area (Å²) >= 11 is 0. The molecule has 0 fully saturated rings. The number of hydrogen-bond donors (Lipinski definition) is 3. The normalized spacial score (nSPS) is 10.3. The van der Waals surface area contributed by atoms with E-state index in [0.717, 1.165) is 17.4 Å². The summed E-state index contributed by atoms with van der Waals surface area (Å²) in [7, 11) is 0. The Balaban J connectivity index is 1.83. The number of nitro groups is 1. The standard InChI is InChI=1S/C19H19N7O3/c20-17(27)12-25(11-13-5-2-1-3-6-13)15-8-4-7-14(9-15)23-19-22-10-16(26(28)29)18(21)24-19/h1-10H,11-12H2,(H2,20,27)(H3,21,22,23,24). The van der Waals surface area contributed by atoms with Crippen LogP contribution in [0.3, 0.4) is 0 Å². The van der Waals surface area contributed by atoms with Gasteiger partial charge in [-0.3, -0.25) is 14.9 Å². The molecule has 0 aliphatic rings. The van der Waals surface area contributed by atoms with Gasteiger partial charge < -0.3 is 21.7 Å². The molecule has 29 heavy (non-hydrogen) atoms. The zero-order valence-electron chi connectivity index (χ0n) is 15.4. The fourth-order valence-corrected chi connectivity index (χ4v) is 2.73. The molecule has 3 rings (SSSR count). The van der Waals surface area contributed by atoms with Crippen LogP contribution in [0.5, 0.6) is 0 Å². The number of amides is 1. The minimum Gasteiger partial charge on any atom is -0.378 e. The molecule has 0 spiro atoms. The predicted octanol–water partition coefficient (Wildman–Crippen LogP) is 2.20. The van der Waals surface area contributed by atoms with Gasteiger partial charge in [0.15, 0.2) is 0 Å². The molecule has 5 N–H and O–H groups in total. The number of carbonyl (C=O) groups is 1. The van der Waals surface area contributed by atoms with Crippen LogP contribution in [0, 0.1) is 10.1 Å². The number of primary amides is 1. The molecule has 0 unspecified atom stereocenters. The van der Waals surface area contributed by atoms with Crippen molar-refractivity contribution in [2.24, 2.45) is 5.73 Å². The molecule has 0 atom stereocenters. The van der Waals surface area contributed by atoms with E-state index in [4.69, 9.17) is 11.5 Å². The van der Waals surface area contributed by atoms with Crippen LogP contribution in [0.25, 0.3) is 0 Å². The van der Waals surface area contributed by atoms with Gasteiger partial charge in [0.25, 0.3) is 0 Å². The van der Waals surface area contributed by atoms with Crippen molar-refractivity contribution in [3.05, 3.63) is 76.5 Å². The highest BCUT2D eigenvalue weighted by atomic mass is 16.6. The van der Waals surface area contributed by atoms with Crippen LogP contribution >= 0.6 is 0 Å². The van der Waals surface area contributed by atoms with E-state index in [0.29, 0.717) is 12.2 Å². The van der Waals surface area contributed by atoms with E-state index >= 15 is 0 Å². The number of nitrogens with zero attached hydrogens (tertiary/aromatic N) is 4. The zero-order chi connectivity index (χ0) is 20.8. The highest BCUT2D eigenvalue weighted by molar-refractivity contribution is 5.80. The average molecular weight is 393 g/mol. The number of benzene rings is 2. The SMILES string of the molecule is NC(=O)CN(Cc1ccccc1)c1cccc(Nc2ncc([N+](=O)[O-])c(N)n2)c1. The monoisotopic (exact) mass is 393 g/mol. The van der Waals surface area contributed by atoms with Crippen LogP contribution < -0.4 is 21.7 Å². The van der Waals surface area contributed by atoms with Crippen molar-refractivity contribution in [2.75, 3.05) is 22.5 Å². The Morgan fingerprint density at radius 3 is 2.59 bits per heavy atom. The number of hydrogen-bond acceptors (Lipinski definition) is 8. The lowest BCUT2D eigenvalue weighted by Crippen LogP contribution is -2.33. The van der Waals surface area contributed by atoms with Crippen LogP contribution in [0.1, 0.15) is 5.56 Å². The van der Waals surface area contributed by atoms with Gasteiger partial charge in [-0.05, 0) is 23.8 Å². The largest absolute Gasteiger partial charge is 0.378 e. The molecule has 3 aromatic rings. The van der Waals surface area contributed by atoms with Crippen LogP contribution in [0.2, 0.25) is 0 Å². The van der Waals surface area contributed by atoms with Gasteiger partial charge in [-0.1, -0.05) is 36.4 Å². The third-order valence-corrected chi connectivity index (χ3v) is 4.03. The number of carbonyl (C=O) groups excluding carboxylic acids is 1. The first-order chi connectivity index (χ1) is 13.9. The van der Waals surface area contributed by atoms with E-state index in [1.165, 1.54) is 0 Å². The predicted molar refractivity (Wildman–Crippen MR) is 110 cm³/mol. The Morgan fingerprint density at radius 1 is 1.17 bits per heavy atom. The highest BCUT2D eigenvalue weighted by Gasteiger charge is 2.15. The lowest BCUT2D eigenvalue weighted by atomic mass is 10.2. The Bertz CT molecular complexity index is 1030. The van der Waals surface area contributed by atoms with E-state index < -0.39 is 10.8 Å². The van der Waals surface area contributed by atoms with E-state index in [1.807, 2.05) is 41.3 Å². The fourth-order valence-electron chi connectivity index (χ4n) is 2.73. The number of nitrogen functional groups attached to an aromatic ring is 1. The number of rotatable bonds is 8. The minimum atomic E-state index is -0.648. The van der Waals surface area contributed by atoms with Crippen molar-refractivity contribution in [3.63, 3.8) is 0 Å². The third-order valence-electron chi connectivity index (χ3n) is 4.03. The van der Waals surface area contributed by atoms with E-state index in [9.17, 15) is 14.9 Å². The molecule has 0 aliphatic carbocycles. The molecule has 0 bridgehead atoms. The van der Waals surface area contributed by atoms with Gasteiger partial charge in [0.1, 0.15) is 6.20 Å². The van der Waals surface area contributed by atoms with Gasteiger partial charge in [0.05, 0.1) is 11.5 Å². The van der Waals surface area contributed by atoms with Gasteiger partial charge in [-0.2, -0.15) is 4.98 Å². The molecular formula is C19H19N7O3. The van der Waals surface area contributed by atoms with E-state index in [-0.39, 0.29) is 24.0 Å². The molecule has 1 aromatic heterocycles. The molecule has 1 heterocycles. The van der Waals surface area contributed by atoms with Gasteiger partial charge in [0.2, 0.25) is 17.7 Å². The van der Waals surface area contributed by atoms with Crippen molar-refractivity contribution in [2.45, 2.75) is 6.54 Å². The maximum Gasteiger partial charge on any atom is 0.329 e. The summed E-state index contributed by atoms with van der Waals surface area (Å²) in [5, 5.41) is 13.8. The number of nitrogens with two attached hydrogens (primary N) is 2. The van der Waals surface area contributed by atoms with Gasteiger partial charge in [-0.25, -0.2) is 4.98 Å². The van der Waals surface area contributed by atoms with Crippen LogP contribution in [-0.2, 0) is 11.3 Å². The molecule has 0 saturated carbocycles. The van der Waals surface area contributed by atoms with Crippen molar-refractivity contribution in [3.8, 4) is 0 Å². The maximum atomic E-state index is 11.5. The second-order valence-electron chi connectivity index (χ2n) is 6.20. The molecule has 148 valence electrons. The molecule has 0 saturated heterocycles. The topological polar surface area (TPSA) is 153 Å². The smallest absolute Gasteiger partial charge is 0.329 e. The molecule has 0 radical (unpaired) electrons. The lowest BCUT2D eigenvalue weighted by molar-refractivity contribution is -0.384. The average Bonchev–Trinajstić information content (AvgIpc) is 2.68. The molecular weight excluding hydrogens is 374 g/mol. The van der Waals surface area contributed by atoms with Gasteiger partial charge in [0, 0.05) is 17.9 Å². The third kappa shape index (κ3) is 5.16. The van der Waals surface area contributed by atoms with Crippen LogP contribution in [0.15, 0.2) is 60.8 Å². The molecule has 10 nitrogen and oxygen atoms in total. The number of aromatic nitrogens is 2. The van der Waals surface area contributed by atoms with Crippen LogP contribution in [0.4, 0.5) is 28.8 Å². The summed E-state index contributed by atoms with van der Waals surface area (Å²) in [5.41, 5.74) is 13.1. The summed E-state index contributed by atoms with van der Waals surface area (Å²) in [4.78, 5) is 31.4. The quantitative estimate of drug-likeness (QED) is 0.389. The molecule has 0 aliphatic heterocycles. The fraction of sp³-hybridized carbons (Fsp3) is 0.105. The Labute approximate surface area is 166 Å². The van der Waals surface area contributed by atoms with Gasteiger partial charge in [-0.15, -0.1) is 0 Å². The summed E-state index contributed by atoms with van der Waals surface area (Å²) in [6.07, 6.45) is 1.04. The summed E-state index contributed by atoms with van der Waals surface area (Å²) in [5.74, 6) is -0.566. The summed E-state index contributed by atoms with van der Waals surface area (Å²) < 4.78 is 0. The Kier molecular flexibility index (Phi) is 5.83. The first kappa shape index (κ1) is 19.5. The second kappa shape index (κ2) is 8.65. The van der Waals surface area contributed by atoms with E-state index in [1.54, 1.807) is 18.2 Å². The van der Waals surface area contributed by atoms with Crippen molar-refractivity contribution in [1.29, 1.82) is 0 Å². The van der Waals surface area contributed by atoms with Crippen LogP contribution in [-0.4, -0.2) is 27.3 Å². The molecule has 2 aromatic carbocycles. The van der Waals surface area contributed by atoms with Crippen molar-refractivity contribution >= 4 is 34.7 Å². The molecule has 1 amide bonds. The number of anilines is 4. The van der Waals surface area contributed by atoms with E-state index in [2.05, 4.69) is 15.3 Å². The minimum absolute atomic E-state index is 0.0410. The van der Waals surface area contributed by atoms with Gasteiger partial charge >= 0.3 is 5.69 Å². The Morgan fingerprint density at radius 2 is 1.93 bits per heavy atom. The molecule has 10 heteroatoms. The van der Waals surface area contributed by atoms with Crippen molar-refractivity contribution < 1.29 is 9.72 Å².